The Labute approximate surface area is 226 Å². The third-order valence-corrected chi connectivity index (χ3v) is 6.97. The van der Waals surface area contributed by atoms with E-state index in [-0.39, 0.29) is 23.6 Å². The molecule has 1 amide bonds. The lowest BCUT2D eigenvalue weighted by Crippen LogP contribution is -2.21. The number of anilines is 1. The van der Waals surface area contributed by atoms with Crippen molar-refractivity contribution in [2.45, 2.75) is 19.8 Å². The summed E-state index contributed by atoms with van der Waals surface area (Å²) in [5.41, 5.74) is 3.31. The van der Waals surface area contributed by atoms with Gasteiger partial charge in [0.25, 0.3) is 0 Å². The van der Waals surface area contributed by atoms with E-state index in [9.17, 15) is 9.59 Å². The van der Waals surface area contributed by atoms with Crippen molar-refractivity contribution in [1.29, 1.82) is 0 Å². The second-order valence-electron chi connectivity index (χ2n) is 9.06. The maximum Gasteiger partial charge on any atom is 0.417 e. The van der Waals surface area contributed by atoms with E-state index in [2.05, 4.69) is 5.32 Å². The third kappa shape index (κ3) is 6.31. The first-order chi connectivity index (χ1) is 18.3. The van der Waals surface area contributed by atoms with Gasteiger partial charge in [-0.1, -0.05) is 29.8 Å². The standard InChI is InChI=1S/C29H30ClNO7/c1-17-5-8-21(15-23(17)30)31-29(33)38-25-10-7-19(14-27(25)36-4)12-22-20(16-37-28(22)32)11-18-6-9-24(34-2)26(13-18)35-3/h5-10,13-15,20,22H,11-12,16H2,1-4H3,(H,31,33)/t20-,22+/m0/s1. The van der Waals surface area contributed by atoms with Crippen molar-refractivity contribution in [1.82, 2.24) is 0 Å². The summed E-state index contributed by atoms with van der Waals surface area (Å²) in [4.78, 5) is 25.0. The predicted molar refractivity (Wildman–Crippen MR) is 144 cm³/mol. The Balaban J connectivity index is 1.44. The van der Waals surface area contributed by atoms with E-state index in [1.807, 2.05) is 31.2 Å². The van der Waals surface area contributed by atoms with Gasteiger partial charge in [-0.15, -0.1) is 0 Å². The van der Waals surface area contributed by atoms with E-state index in [0.29, 0.717) is 47.4 Å². The van der Waals surface area contributed by atoms with Gasteiger partial charge in [0.1, 0.15) is 0 Å². The molecule has 38 heavy (non-hydrogen) atoms. The molecule has 0 saturated carbocycles. The number of esters is 1. The van der Waals surface area contributed by atoms with Gasteiger partial charge in [0.05, 0.1) is 33.9 Å². The van der Waals surface area contributed by atoms with E-state index in [4.69, 9.17) is 35.3 Å². The minimum atomic E-state index is -0.676. The molecule has 1 aliphatic rings. The molecule has 2 atom stereocenters. The summed E-state index contributed by atoms with van der Waals surface area (Å²) >= 11 is 6.13. The Bertz CT molecular complexity index is 1330. The summed E-state index contributed by atoms with van der Waals surface area (Å²) in [6.45, 7) is 2.22. The van der Waals surface area contributed by atoms with E-state index in [1.165, 1.54) is 7.11 Å². The molecule has 1 aliphatic heterocycles. The van der Waals surface area contributed by atoms with Gasteiger partial charge in [-0.2, -0.15) is 0 Å². The Morgan fingerprint density at radius 3 is 2.18 bits per heavy atom. The molecule has 1 fully saturated rings. The van der Waals surface area contributed by atoms with E-state index in [1.54, 1.807) is 44.6 Å². The van der Waals surface area contributed by atoms with Crippen molar-refractivity contribution < 1.29 is 33.3 Å². The third-order valence-electron chi connectivity index (χ3n) is 6.56. The molecule has 1 N–H and O–H groups in total. The molecule has 4 rings (SSSR count). The van der Waals surface area contributed by atoms with Crippen LogP contribution >= 0.6 is 11.6 Å². The highest BCUT2D eigenvalue weighted by Crippen LogP contribution is 2.35. The lowest BCUT2D eigenvalue weighted by Gasteiger charge is -2.17. The number of hydrogen-bond donors (Lipinski definition) is 1. The molecule has 3 aromatic rings. The van der Waals surface area contributed by atoms with Crippen molar-refractivity contribution >= 4 is 29.4 Å². The number of rotatable bonds is 9. The highest BCUT2D eigenvalue weighted by molar-refractivity contribution is 6.31. The van der Waals surface area contributed by atoms with Gasteiger partial charge in [0.15, 0.2) is 23.0 Å². The van der Waals surface area contributed by atoms with Crippen LogP contribution in [0.15, 0.2) is 54.6 Å². The molecule has 1 saturated heterocycles. The fourth-order valence-electron chi connectivity index (χ4n) is 4.46. The molecule has 3 aromatic carbocycles. The summed E-state index contributed by atoms with van der Waals surface area (Å²) < 4.78 is 27.1. The Morgan fingerprint density at radius 1 is 0.895 bits per heavy atom. The molecule has 0 aromatic heterocycles. The number of benzene rings is 3. The Hall–Kier alpha value is -3.91. The number of hydrogen-bond acceptors (Lipinski definition) is 7. The number of methoxy groups -OCH3 is 3. The van der Waals surface area contributed by atoms with Crippen LogP contribution in [0, 0.1) is 18.8 Å². The zero-order valence-corrected chi connectivity index (χ0v) is 22.5. The van der Waals surface area contributed by atoms with Gasteiger partial charge >= 0.3 is 12.1 Å². The van der Waals surface area contributed by atoms with Crippen LogP contribution in [-0.4, -0.2) is 40.0 Å². The average molecular weight is 540 g/mol. The molecule has 200 valence electrons. The number of halogens is 1. The van der Waals surface area contributed by atoms with Crippen LogP contribution in [0.4, 0.5) is 10.5 Å². The average Bonchev–Trinajstić information content (AvgIpc) is 3.25. The molecule has 0 unspecified atom stereocenters. The normalized spacial score (nSPS) is 16.5. The fraction of sp³-hybridized carbons (Fsp3) is 0.310. The van der Waals surface area contributed by atoms with Crippen LogP contribution in [0.1, 0.15) is 16.7 Å². The number of aryl methyl sites for hydroxylation is 1. The largest absolute Gasteiger partial charge is 0.493 e. The van der Waals surface area contributed by atoms with Crippen LogP contribution in [-0.2, 0) is 22.4 Å². The molecule has 0 aliphatic carbocycles. The molecule has 8 nitrogen and oxygen atoms in total. The number of carbonyl (C=O) groups is 2. The van der Waals surface area contributed by atoms with Crippen LogP contribution in [0.5, 0.6) is 23.0 Å². The minimum absolute atomic E-state index is 0.00497. The molecule has 1 heterocycles. The highest BCUT2D eigenvalue weighted by atomic mass is 35.5. The molecular formula is C29H30ClNO7. The van der Waals surface area contributed by atoms with Crippen molar-refractivity contribution in [3.8, 4) is 23.0 Å². The fourth-order valence-corrected chi connectivity index (χ4v) is 4.64. The van der Waals surface area contributed by atoms with Gasteiger partial charge < -0.3 is 23.7 Å². The summed E-state index contributed by atoms with van der Waals surface area (Å²) in [6.07, 6.45) is 0.435. The number of amides is 1. The monoisotopic (exact) mass is 539 g/mol. The van der Waals surface area contributed by atoms with Gasteiger partial charge in [-0.25, -0.2) is 4.79 Å². The van der Waals surface area contributed by atoms with Crippen LogP contribution in [0.2, 0.25) is 5.02 Å². The lowest BCUT2D eigenvalue weighted by atomic mass is 9.85. The summed E-state index contributed by atoms with van der Waals surface area (Å²) in [7, 11) is 4.68. The van der Waals surface area contributed by atoms with E-state index in [0.717, 1.165) is 16.7 Å². The first-order valence-electron chi connectivity index (χ1n) is 12.1. The number of carbonyl (C=O) groups excluding carboxylic acids is 2. The molecule has 0 spiro atoms. The van der Waals surface area contributed by atoms with Crippen LogP contribution in [0.25, 0.3) is 0 Å². The zero-order chi connectivity index (χ0) is 27.2. The van der Waals surface area contributed by atoms with Gasteiger partial charge in [0.2, 0.25) is 0 Å². The highest BCUT2D eigenvalue weighted by Gasteiger charge is 2.37. The second kappa shape index (κ2) is 12.1. The molecule has 9 heteroatoms. The summed E-state index contributed by atoms with van der Waals surface area (Å²) in [6, 6.07) is 16.2. The molecule has 0 bridgehead atoms. The minimum Gasteiger partial charge on any atom is -0.493 e. The smallest absolute Gasteiger partial charge is 0.417 e. The SMILES string of the molecule is COc1ccc(C[C@H]2COC(=O)[C@@H]2Cc2ccc(OC(=O)Nc3ccc(C)c(Cl)c3)c(OC)c2)cc1OC. The summed E-state index contributed by atoms with van der Waals surface area (Å²) in [5, 5.41) is 3.20. The van der Waals surface area contributed by atoms with E-state index < -0.39 is 6.09 Å². The van der Waals surface area contributed by atoms with Crippen LogP contribution < -0.4 is 24.3 Å². The maximum atomic E-state index is 12.6. The second-order valence-corrected chi connectivity index (χ2v) is 9.47. The van der Waals surface area contributed by atoms with Gasteiger partial charge in [-0.3, -0.25) is 10.1 Å². The topological polar surface area (TPSA) is 92.3 Å². The Morgan fingerprint density at radius 2 is 1.53 bits per heavy atom. The predicted octanol–water partition coefficient (Wildman–Crippen LogP) is 5.86. The molecular weight excluding hydrogens is 510 g/mol. The van der Waals surface area contributed by atoms with E-state index >= 15 is 0 Å². The van der Waals surface area contributed by atoms with Crippen molar-refractivity contribution in [3.63, 3.8) is 0 Å². The number of nitrogens with one attached hydrogen (secondary N) is 1. The van der Waals surface area contributed by atoms with Crippen molar-refractivity contribution in [2.75, 3.05) is 33.3 Å². The van der Waals surface area contributed by atoms with Gasteiger partial charge in [-0.05, 0) is 72.9 Å². The lowest BCUT2D eigenvalue weighted by molar-refractivity contribution is -0.141. The first kappa shape index (κ1) is 27.1. The number of ether oxygens (including phenoxy) is 5. The maximum absolute atomic E-state index is 12.6. The van der Waals surface area contributed by atoms with Gasteiger partial charge in [0, 0.05) is 16.6 Å². The first-order valence-corrected chi connectivity index (χ1v) is 12.5. The zero-order valence-electron chi connectivity index (χ0n) is 21.7. The van der Waals surface area contributed by atoms with Crippen LogP contribution in [0.3, 0.4) is 0 Å². The molecule has 0 radical (unpaired) electrons. The van der Waals surface area contributed by atoms with Crippen molar-refractivity contribution in [3.05, 3.63) is 76.3 Å². The van der Waals surface area contributed by atoms with Crippen molar-refractivity contribution in [2.24, 2.45) is 11.8 Å². The summed E-state index contributed by atoms with van der Waals surface area (Å²) in [5.74, 6) is 1.36. The quantitative estimate of drug-likeness (QED) is 0.340. The Kier molecular flexibility index (Phi) is 8.63. The number of cyclic esters (lactones) is 1.